The molecule has 1 unspecified atom stereocenters. The molecule has 0 bridgehead atoms. The van der Waals surface area contributed by atoms with Gasteiger partial charge in [0.1, 0.15) is 6.04 Å². The van der Waals surface area contributed by atoms with E-state index in [4.69, 9.17) is 10.5 Å². The lowest BCUT2D eigenvalue weighted by molar-refractivity contribution is -0.152. The van der Waals surface area contributed by atoms with Gasteiger partial charge in [-0.1, -0.05) is 0 Å². The van der Waals surface area contributed by atoms with Gasteiger partial charge in [-0.3, -0.25) is 9.59 Å². The lowest BCUT2D eigenvalue weighted by Crippen LogP contribution is -2.61. The molecule has 22 heavy (non-hydrogen) atoms. The molecule has 0 radical (unpaired) electrons. The molecule has 0 aliphatic carbocycles. The van der Waals surface area contributed by atoms with Crippen LogP contribution in [-0.2, 0) is 20.7 Å². The number of likely N-dealkylation sites (tertiary alicyclic amines) is 1. The minimum Gasteiger partial charge on any atom is -0.381 e. The van der Waals surface area contributed by atoms with Crippen LogP contribution in [0.1, 0.15) is 31.2 Å². The number of ether oxygens (including phenoxy) is 1. The van der Waals surface area contributed by atoms with Crippen molar-refractivity contribution < 1.29 is 14.3 Å². The fraction of sp³-hybridized carbons (Fsp3) is 0.625. The van der Waals surface area contributed by atoms with Gasteiger partial charge in [-0.05, 0) is 48.1 Å². The average molecular weight is 322 g/mol. The first-order valence-corrected chi connectivity index (χ1v) is 8.74. The molecular formula is C16H22N2O3S. The number of hydrogen-bond acceptors (Lipinski definition) is 4. The number of primary amides is 1. The molecule has 1 atom stereocenters. The number of piperidine rings is 1. The van der Waals surface area contributed by atoms with Crippen LogP contribution in [0.2, 0.25) is 0 Å². The smallest absolute Gasteiger partial charge is 0.240 e. The summed E-state index contributed by atoms with van der Waals surface area (Å²) < 4.78 is 5.45. The fourth-order valence-corrected chi connectivity index (χ4v) is 4.56. The first-order valence-electron chi connectivity index (χ1n) is 7.80. The van der Waals surface area contributed by atoms with E-state index in [9.17, 15) is 9.59 Å². The number of amides is 2. The highest BCUT2D eigenvalue weighted by atomic mass is 32.1. The first-order chi connectivity index (χ1) is 10.6. The lowest BCUT2D eigenvalue weighted by atomic mass is 9.67. The molecule has 3 heterocycles. The topological polar surface area (TPSA) is 72.6 Å². The second kappa shape index (κ2) is 6.38. The molecule has 0 aromatic carbocycles. The van der Waals surface area contributed by atoms with Gasteiger partial charge < -0.3 is 15.4 Å². The van der Waals surface area contributed by atoms with E-state index in [0.29, 0.717) is 26.2 Å². The van der Waals surface area contributed by atoms with E-state index >= 15 is 0 Å². The van der Waals surface area contributed by atoms with E-state index in [1.165, 1.54) is 0 Å². The minimum atomic E-state index is -0.490. The van der Waals surface area contributed by atoms with Gasteiger partial charge in [-0.2, -0.15) is 11.3 Å². The van der Waals surface area contributed by atoms with Crippen molar-refractivity contribution in [2.24, 2.45) is 11.1 Å². The van der Waals surface area contributed by atoms with Crippen molar-refractivity contribution in [3.8, 4) is 0 Å². The molecule has 1 spiro atoms. The maximum absolute atomic E-state index is 12.7. The molecule has 1 aromatic rings. The summed E-state index contributed by atoms with van der Waals surface area (Å²) in [7, 11) is 0. The zero-order valence-electron chi connectivity index (χ0n) is 12.6. The normalized spacial score (nSPS) is 24.4. The van der Waals surface area contributed by atoms with Crippen LogP contribution in [0.4, 0.5) is 0 Å². The maximum Gasteiger partial charge on any atom is 0.240 e. The van der Waals surface area contributed by atoms with Crippen molar-refractivity contribution in [3.05, 3.63) is 22.4 Å². The Hall–Kier alpha value is -1.40. The lowest BCUT2D eigenvalue weighted by Gasteiger charge is -2.50. The number of carbonyl (C=O) groups is 2. The van der Waals surface area contributed by atoms with Gasteiger partial charge in [0.25, 0.3) is 0 Å². The third-order valence-corrected chi connectivity index (χ3v) is 5.71. The van der Waals surface area contributed by atoms with Crippen LogP contribution in [0.25, 0.3) is 0 Å². The third-order valence-electron chi connectivity index (χ3n) is 4.98. The number of nitrogens with zero attached hydrogens (tertiary/aromatic N) is 1. The molecular weight excluding hydrogens is 300 g/mol. The molecule has 2 aliphatic rings. The summed E-state index contributed by atoms with van der Waals surface area (Å²) in [6.45, 7) is 1.92. The second-order valence-corrected chi connectivity index (χ2v) is 7.06. The Morgan fingerprint density at radius 3 is 2.77 bits per heavy atom. The standard InChI is InChI=1S/C16H22N2O3S/c17-15(20)14-16(4-7-21-8-5-16)3-1-6-18(14)13(19)10-12-2-9-22-11-12/h2,9,11,14H,1,3-8,10H2,(H2,17,20). The maximum atomic E-state index is 12.7. The van der Waals surface area contributed by atoms with E-state index in [0.717, 1.165) is 31.2 Å². The van der Waals surface area contributed by atoms with Crippen molar-refractivity contribution in [1.82, 2.24) is 4.90 Å². The first kappa shape index (κ1) is 15.5. The third kappa shape index (κ3) is 2.90. The molecule has 3 rings (SSSR count). The molecule has 2 N–H and O–H groups in total. The largest absolute Gasteiger partial charge is 0.381 e. The molecule has 2 aliphatic heterocycles. The van der Waals surface area contributed by atoms with Gasteiger partial charge >= 0.3 is 0 Å². The Balaban J connectivity index is 1.82. The van der Waals surface area contributed by atoms with Gasteiger partial charge in [0, 0.05) is 25.2 Å². The Kier molecular flexibility index (Phi) is 4.49. The van der Waals surface area contributed by atoms with Crippen LogP contribution in [0.5, 0.6) is 0 Å². The number of nitrogens with two attached hydrogens (primary N) is 1. The van der Waals surface area contributed by atoms with E-state index in [2.05, 4.69) is 0 Å². The van der Waals surface area contributed by atoms with Gasteiger partial charge in [0.15, 0.2) is 0 Å². The van der Waals surface area contributed by atoms with Crippen molar-refractivity contribution in [2.75, 3.05) is 19.8 Å². The Morgan fingerprint density at radius 1 is 1.36 bits per heavy atom. The summed E-state index contributed by atoms with van der Waals surface area (Å²) in [4.78, 5) is 26.6. The zero-order chi connectivity index (χ0) is 15.6. The van der Waals surface area contributed by atoms with Gasteiger partial charge in [-0.25, -0.2) is 0 Å². The van der Waals surface area contributed by atoms with E-state index < -0.39 is 6.04 Å². The van der Waals surface area contributed by atoms with Gasteiger partial charge in [0.2, 0.25) is 11.8 Å². The van der Waals surface area contributed by atoms with Crippen molar-refractivity contribution in [3.63, 3.8) is 0 Å². The Morgan fingerprint density at radius 2 is 2.14 bits per heavy atom. The van der Waals surface area contributed by atoms with Crippen LogP contribution in [0.3, 0.4) is 0 Å². The SMILES string of the molecule is NC(=O)C1N(C(=O)Cc2ccsc2)CCCC12CCOCC2. The van der Waals surface area contributed by atoms with Gasteiger partial charge in [-0.15, -0.1) is 0 Å². The molecule has 5 nitrogen and oxygen atoms in total. The summed E-state index contributed by atoms with van der Waals surface area (Å²) in [5, 5.41) is 3.94. The molecule has 0 saturated carbocycles. The number of rotatable bonds is 3. The summed E-state index contributed by atoms with van der Waals surface area (Å²) >= 11 is 1.58. The summed E-state index contributed by atoms with van der Waals surface area (Å²) in [5.74, 6) is -0.368. The highest BCUT2D eigenvalue weighted by Gasteiger charge is 2.49. The van der Waals surface area contributed by atoms with Crippen LogP contribution in [0, 0.1) is 5.41 Å². The Labute approximate surface area is 134 Å². The molecule has 120 valence electrons. The summed E-state index contributed by atoms with van der Waals surface area (Å²) in [6, 6.07) is 1.46. The van der Waals surface area contributed by atoms with E-state index in [-0.39, 0.29) is 17.2 Å². The monoisotopic (exact) mass is 322 g/mol. The summed E-state index contributed by atoms with van der Waals surface area (Å²) in [6.07, 6.45) is 3.84. The van der Waals surface area contributed by atoms with Crippen LogP contribution < -0.4 is 5.73 Å². The van der Waals surface area contributed by atoms with E-state index in [1.807, 2.05) is 16.8 Å². The molecule has 2 amide bonds. The predicted octanol–water partition coefficient (Wildman–Crippen LogP) is 1.56. The number of thiophene rings is 1. The van der Waals surface area contributed by atoms with Crippen LogP contribution in [-0.4, -0.2) is 42.5 Å². The average Bonchev–Trinajstić information content (AvgIpc) is 3.00. The predicted molar refractivity (Wildman–Crippen MR) is 84.4 cm³/mol. The minimum absolute atomic E-state index is 0.00719. The van der Waals surface area contributed by atoms with Crippen LogP contribution in [0.15, 0.2) is 16.8 Å². The molecule has 2 saturated heterocycles. The highest BCUT2D eigenvalue weighted by Crippen LogP contribution is 2.44. The number of hydrogen-bond donors (Lipinski definition) is 1. The van der Waals surface area contributed by atoms with Crippen molar-refractivity contribution in [1.29, 1.82) is 0 Å². The van der Waals surface area contributed by atoms with Crippen molar-refractivity contribution >= 4 is 23.2 Å². The molecule has 6 heteroatoms. The number of carbonyl (C=O) groups excluding carboxylic acids is 2. The quantitative estimate of drug-likeness (QED) is 0.918. The van der Waals surface area contributed by atoms with Gasteiger partial charge in [0.05, 0.1) is 6.42 Å². The Bertz CT molecular complexity index is 532. The molecule has 1 aromatic heterocycles. The fourth-order valence-electron chi connectivity index (χ4n) is 3.89. The molecule has 2 fully saturated rings. The zero-order valence-corrected chi connectivity index (χ0v) is 13.4. The second-order valence-electron chi connectivity index (χ2n) is 6.28. The summed E-state index contributed by atoms with van der Waals surface area (Å²) in [5.41, 5.74) is 6.52. The van der Waals surface area contributed by atoms with E-state index in [1.54, 1.807) is 16.2 Å². The van der Waals surface area contributed by atoms with Crippen molar-refractivity contribution in [2.45, 2.75) is 38.1 Å². The highest BCUT2D eigenvalue weighted by molar-refractivity contribution is 7.08. The van der Waals surface area contributed by atoms with Crippen LogP contribution >= 0.6 is 11.3 Å².